The van der Waals surface area contributed by atoms with Gasteiger partial charge in [0.25, 0.3) is 0 Å². The molecule has 0 bridgehead atoms. The van der Waals surface area contributed by atoms with Crippen LogP contribution in [0.25, 0.3) is 0 Å². The topological polar surface area (TPSA) is 102 Å². The predicted octanol–water partition coefficient (Wildman–Crippen LogP) is -0.784. The zero-order valence-corrected chi connectivity index (χ0v) is 5.44. The van der Waals surface area contributed by atoms with Gasteiger partial charge in [-0.05, 0) is 0 Å². The third-order valence-corrected chi connectivity index (χ3v) is 0.772. The quantitative estimate of drug-likeness (QED) is 0.553. The number of aromatic nitrogens is 2. The van der Waals surface area contributed by atoms with Gasteiger partial charge < -0.3 is 16.1 Å². The SMILES string of the molecule is O=C([O-])c1cnccn1.[NH4+]. The van der Waals surface area contributed by atoms with E-state index in [1.807, 2.05) is 0 Å². The van der Waals surface area contributed by atoms with Crippen LogP contribution in [0, 0.1) is 0 Å². The summed E-state index contributed by atoms with van der Waals surface area (Å²) in [5, 5.41) is 9.99. The van der Waals surface area contributed by atoms with Gasteiger partial charge in [-0.25, -0.2) is 0 Å². The van der Waals surface area contributed by atoms with Crippen molar-refractivity contribution in [2.45, 2.75) is 0 Å². The van der Waals surface area contributed by atoms with Crippen LogP contribution in [0.4, 0.5) is 0 Å². The fourth-order valence-electron chi connectivity index (χ4n) is 0.405. The van der Waals surface area contributed by atoms with E-state index in [0.29, 0.717) is 0 Å². The summed E-state index contributed by atoms with van der Waals surface area (Å²) in [5.41, 5.74) is -0.141. The molecule has 1 aromatic heterocycles. The maximum atomic E-state index is 9.99. The van der Waals surface area contributed by atoms with Gasteiger partial charge in [-0.15, -0.1) is 0 Å². The third-order valence-electron chi connectivity index (χ3n) is 0.772. The molecule has 0 unspecified atom stereocenters. The van der Waals surface area contributed by atoms with Gasteiger partial charge in [0, 0.05) is 12.4 Å². The monoisotopic (exact) mass is 141 g/mol. The Morgan fingerprint density at radius 3 is 2.50 bits per heavy atom. The van der Waals surface area contributed by atoms with Gasteiger partial charge in [-0.2, -0.15) is 0 Å². The van der Waals surface area contributed by atoms with Crippen molar-refractivity contribution in [3.05, 3.63) is 24.3 Å². The van der Waals surface area contributed by atoms with E-state index in [-0.39, 0.29) is 11.8 Å². The maximum Gasteiger partial charge on any atom is 0.104 e. The van der Waals surface area contributed by atoms with Crippen molar-refractivity contribution in [3.8, 4) is 0 Å². The zero-order chi connectivity index (χ0) is 6.69. The molecule has 0 amide bonds. The number of carbonyl (C=O) groups excluding carboxylic acids is 1. The normalized spacial score (nSPS) is 8.00. The molecule has 0 aliphatic heterocycles. The molecule has 10 heavy (non-hydrogen) atoms. The lowest BCUT2D eigenvalue weighted by Crippen LogP contribution is -2.23. The molecule has 5 heteroatoms. The summed E-state index contributed by atoms with van der Waals surface area (Å²) in [6, 6.07) is 0. The first-order valence-electron chi connectivity index (χ1n) is 2.28. The van der Waals surface area contributed by atoms with Crippen LogP contribution in [0.1, 0.15) is 10.5 Å². The van der Waals surface area contributed by atoms with Crippen molar-refractivity contribution in [1.29, 1.82) is 0 Å². The van der Waals surface area contributed by atoms with Gasteiger partial charge in [0.05, 0.1) is 12.2 Å². The van der Waals surface area contributed by atoms with Crippen LogP contribution in [0.3, 0.4) is 0 Å². The smallest absolute Gasteiger partial charge is 0.104 e. The number of carboxylic acids is 1. The minimum Gasteiger partial charge on any atom is -0.543 e. The summed E-state index contributed by atoms with van der Waals surface area (Å²) >= 11 is 0. The maximum absolute atomic E-state index is 9.99. The summed E-state index contributed by atoms with van der Waals surface area (Å²) < 4.78 is 0. The fraction of sp³-hybridized carbons (Fsp3) is 0. The highest BCUT2D eigenvalue weighted by Crippen LogP contribution is 1.84. The number of hydrogen-bond donors (Lipinski definition) is 1. The first-order chi connectivity index (χ1) is 4.30. The van der Waals surface area contributed by atoms with Gasteiger partial charge in [0.1, 0.15) is 5.69 Å². The molecular formula is C5H7N3O2. The second kappa shape index (κ2) is 3.52. The van der Waals surface area contributed by atoms with Crippen LogP contribution < -0.4 is 11.3 Å². The van der Waals surface area contributed by atoms with Crippen molar-refractivity contribution in [2.24, 2.45) is 0 Å². The molecule has 0 saturated heterocycles. The minimum absolute atomic E-state index is 0. The Bertz CT molecular complexity index is 211. The lowest BCUT2D eigenvalue weighted by molar-refractivity contribution is -0.255. The Kier molecular flexibility index (Phi) is 2.99. The van der Waals surface area contributed by atoms with Crippen molar-refractivity contribution in [3.63, 3.8) is 0 Å². The lowest BCUT2D eigenvalue weighted by Gasteiger charge is -1.95. The first kappa shape index (κ1) is 8.51. The molecule has 0 spiro atoms. The number of hydrogen-bond acceptors (Lipinski definition) is 4. The van der Waals surface area contributed by atoms with Crippen LogP contribution in [0.5, 0.6) is 0 Å². The Morgan fingerprint density at radius 1 is 1.50 bits per heavy atom. The van der Waals surface area contributed by atoms with Crippen LogP contribution in [-0.2, 0) is 0 Å². The van der Waals surface area contributed by atoms with Crippen LogP contribution in [0.15, 0.2) is 18.6 Å². The highest BCUT2D eigenvalue weighted by Gasteiger charge is 1.89. The Hall–Kier alpha value is -1.49. The summed E-state index contributed by atoms with van der Waals surface area (Å²) in [5.74, 6) is -1.30. The van der Waals surface area contributed by atoms with Crippen molar-refractivity contribution in [2.75, 3.05) is 0 Å². The molecule has 0 aromatic carbocycles. The zero-order valence-electron chi connectivity index (χ0n) is 5.44. The molecule has 5 nitrogen and oxygen atoms in total. The fourth-order valence-corrected chi connectivity index (χ4v) is 0.405. The van der Waals surface area contributed by atoms with Crippen molar-refractivity contribution in [1.82, 2.24) is 16.1 Å². The largest absolute Gasteiger partial charge is 0.543 e. The van der Waals surface area contributed by atoms with Gasteiger partial charge in [0.15, 0.2) is 0 Å². The molecule has 54 valence electrons. The first-order valence-corrected chi connectivity index (χ1v) is 2.28. The van der Waals surface area contributed by atoms with Gasteiger partial charge in [0.2, 0.25) is 0 Å². The van der Waals surface area contributed by atoms with Crippen molar-refractivity contribution < 1.29 is 9.90 Å². The molecule has 0 aliphatic carbocycles. The highest BCUT2D eigenvalue weighted by molar-refractivity contribution is 5.82. The Labute approximate surface area is 57.3 Å². The van der Waals surface area contributed by atoms with Crippen LogP contribution in [-0.4, -0.2) is 15.9 Å². The number of carbonyl (C=O) groups is 1. The molecule has 1 rings (SSSR count). The molecule has 0 saturated carbocycles. The summed E-state index contributed by atoms with van der Waals surface area (Å²) in [6.45, 7) is 0. The molecule has 0 atom stereocenters. The molecule has 0 radical (unpaired) electrons. The van der Waals surface area contributed by atoms with Gasteiger partial charge in [-0.3, -0.25) is 9.97 Å². The second-order valence-electron chi connectivity index (χ2n) is 1.38. The number of aromatic carboxylic acids is 1. The summed E-state index contributed by atoms with van der Waals surface area (Å²) in [7, 11) is 0. The van der Waals surface area contributed by atoms with Crippen LogP contribution >= 0.6 is 0 Å². The standard InChI is InChI=1S/C5H4N2O2.H3N/c8-5(9)4-3-6-1-2-7-4;/h1-3H,(H,8,9);1H3. The number of rotatable bonds is 1. The van der Waals surface area contributed by atoms with E-state index < -0.39 is 5.97 Å². The molecule has 0 aliphatic rings. The number of carboxylic acid groups (broad SMARTS) is 1. The minimum atomic E-state index is -1.30. The van der Waals surface area contributed by atoms with Crippen LogP contribution in [0.2, 0.25) is 0 Å². The number of quaternary nitrogens is 1. The number of nitrogens with zero attached hydrogens (tertiary/aromatic N) is 2. The average Bonchev–Trinajstić information content (AvgIpc) is 1.90. The molecule has 4 N–H and O–H groups in total. The Balaban J connectivity index is 0.000000810. The van der Waals surface area contributed by atoms with E-state index in [2.05, 4.69) is 9.97 Å². The second-order valence-corrected chi connectivity index (χ2v) is 1.38. The summed E-state index contributed by atoms with van der Waals surface area (Å²) in [6.07, 6.45) is 3.83. The predicted molar refractivity (Wildman–Crippen MR) is 32.3 cm³/mol. The highest BCUT2D eigenvalue weighted by atomic mass is 16.4. The average molecular weight is 141 g/mol. The van der Waals surface area contributed by atoms with E-state index in [0.717, 1.165) is 6.20 Å². The molecule has 1 aromatic rings. The van der Waals surface area contributed by atoms with E-state index in [1.54, 1.807) is 0 Å². The van der Waals surface area contributed by atoms with E-state index in [9.17, 15) is 9.90 Å². The Morgan fingerprint density at radius 2 is 2.20 bits per heavy atom. The lowest BCUT2D eigenvalue weighted by atomic mass is 10.5. The van der Waals surface area contributed by atoms with E-state index in [4.69, 9.17) is 0 Å². The third kappa shape index (κ3) is 1.79. The molecular weight excluding hydrogens is 134 g/mol. The molecule has 0 fully saturated rings. The van der Waals surface area contributed by atoms with E-state index >= 15 is 0 Å². The summed E-state index contributed by atoms with van der Waals surface area (Å²) in [4.78, 5) is 17.0. The van der Waals surface area contributed by atoms with Crippen molar-refractivity contribution >= 4 is 5.97 Å². The molecule has 1 heterocycles. The van der Waals surface area contributed by atoms with Gasteiger partial charge >= 0.3 is 0 Å². The van der Waals surface area contributed by atoms with Gasteiger partial charge in [-0.1, -0.05) is 0 Å². The van der Waals surface area contributed by atoms with E-state index in [1.165, 1.54) is 12.4 Å².